The molecule has 0 spiro atoms. The van der Waals surface area contributed by atoms with Gasteiger partial charge in [-0.05, 0) is 30.9 Å². The lowest BCUT2D eigenvalue weighted by atomic mass is 9.97. The number of nitrogens with one attached hydrogen (secondary N) is 1. The van der Waals surface area contributed by atoms with Crippen molar-refractivity contribution in [3.05, 3.63) is 36.0 Å². The van der Waals surface area contributed by atoms with Gasteiger partial charge in [-0.1, -0.05) is 12.1 Å². The number of aromatic amines is 1. The van der Waals surface area contributed by atoms with E-state index in [9.17, 15) is 4.79 Å². The number of likely N-dealkylation sites (tertiary alicyclic amines) is 1. The zero-order valence-corrected chi connectivity index (χ0v) is 11.8. The molecule has 3 rings (SSSR count). The molecule has 1 saturated heterocycles. The van der Waals surface area contributed by atoms with Crippen LogP contribution >= 0.6 is 0 Å². The first-order chi connectivity index (χ1) is 9.79. The van der Waals surface area contributed by atoms with Crippen LogP contribution in [0.1, 0.15) is 23.2 Å². The second-order valence-electron chi connectivity index (χ2n) is 5.44. The number of piperidine rings is 1. The zero-order valence-electron chi connectivity index (χ0n) is 11.8. The average Bonchev–Trinajstić information content (AvgIpc) is 2.96. The maximum atomic E-state index is 12.7. The first-order valence-corrected chi connectivity index (χ1v) is 7.14. The molecule has 1 aromatic heterocycles. The minimum atomic E-state index is 0.133. The van der Waals surface area contributed by atoms with Crippen LogP contribution in [0, 0.1) is 5.92 Å². The van der Waals surface area contributed by atoms with E-state index < -0.39 is 0 Å². The number of hydrogen-bond donors (Lipinski definition) is 1. The molecule has 2 heterocycles. The molecule has 1 aliphatic rings. The number of amides is 1. The minimum Gasteiger partial charge on any atom is -0.384 e. The fourth-order valence-corrected chi connectivity index (χ4v) is 2.97. The second kappa shape index (κ2) is 5.67. The van der Waals surface area contributed by atoms with E-state index in [1.54, 1.807) is 7.11 Å². The molecule has 0 bridgehead atoms. The molecular formula is C16H20N2O2. The van der Waals surface area contributed by atoms with Gasteiger partial charge in [-0.15, -0.1) is 0 Å². The van der Waals surface area contributed by atoms with E-state index >= 15 is 0 Å². The second-order valence-corrected chi connectivity index (χ2v) is 5.44. The van der Waals surface area contributed by atoms with E-state index in [0.29, 0.717) is 5.92 Å². The molecule has 4 heteroatoms. The predicted molar refractivity (Wildman–Crippen MR) is 78.8 cm³/mol. The number of H-pyrrole nitrogens is 1. The number of nitrogens with zero attached hydrogens (tertiary/aromatic N) is 1. The number of carbonyl (C=O) groups is 1. The van der Waals surface area contributed by atoms with Crippen molar-refractivity contribution in [2.45, 2.75) is 12.8 Å². The standard InChI is InChI=1S/C16H20N2O2/c1-20-11-12-6-9-18(10-7-12)16(19)14-4-2-3-13-5-8-17-15(13)14/h2-5,8,12,17H,6-7,9-11H2,1H3. The van der Waals surface area contributed by atoms with E-state index in [4.69, 9.17) is 4.74 Å². The number of ether oxygens (including phenoxy) is 1. The summed E-state index contributed by atoms with van der Waals surface area (Å²) in [6.45, 7) is 2.45. The molecule has 2 aromatic rings. The highest BCUT2D eigenvalue weighted by Gasteiger charge is 2.24. The fourth-order valence-electron chi connectivity index (χ4n) is 2.97. The van der Waals surface area contributed by atoms with Gasteiger partial charge >= 0.3 is 0 Å². The van der Waals surface area contributed by atoms with Gasteiger partial charge in [0.05, 0.1) is 11.1 Å². The number of methoxy groups -OCH3 is 1. The zero-order chi connectivity index (χ0) is 13.9. The normalized spacial score (nSPS) is 16.8. The Balaban J connectivity index is 1.75. The molecular weight excluding hydrogens is 252 g/mol. The highest BCUT2D eigenvalue weighted by Crippen LogP contribution is 2.22. The van der Waals surface area contributed by atoms with Gasteiger partial charge in [0.1, 0.15) is 0 Å². The van der Waals surface area contributed by atoms with Gasteiger partial charge in [-0.2, -0.15) is 0 Å². The number of rotatable bonds is 3. The molecule has 0 saturated carbocycles. The molecule has 0 radical (unpaired) electrons. The number of carbonyl (C=O) groups excluding carboxylic acids is 1. The summed E-state index contributed by atoms with van der Waals surface area (Å²) in [6.07, 6.45) is 3.94. The summed E-state index contributed by atoms with van der Waals surface area (Å²) in [4.78, 5) is 17.8. The molecule has 1 aromatic carbocycles. The first-order valence-electron chi connectivity index (χ1n) is 7.14. The van der Waals surface area contributed by atoms with Crippen molar-refractivity contribution < 1.29 is 9.53 Å². The smallest absolute Gasteiger partial charge is 0.255 e. The Bertz CT molecular complexity index is 597. The third kappa shape index (κ3) is 2.43. The van der Waals surface area contributed by atoms with Crippen LogP contribution in [0.5, 0.6) is 0 Å². The van der Waals surface area contributed by atoms with Crippen LogP contribution in [0.25, 0.3) is 10.9 Å². The van der Waals surface area contributed by atoms with Gasteiger partial charge in [0.2, 0.25) is 0 Å². The number of hydrogen-bond acceptors (Lipinski definition) is 2. The highest BCUT2D eigenvalue weighted by molar-refractivity contribution is 6.05. The van der Waals surface area contributed by atoms with E-state index in [2.05, 4.69) is 4.98 Å². The van der Waals surface area contributed by atoms with Crippen LogP contribution in [-0.4, -0.2) is 42.6 Å². The Morgan fingerprint density at radius 2 is 2.15 bits per heavy atom. The largest absolute Gasteiger partial charge is 0.384 e. The van der Waals surface area contributed by atoms with Crippen LogP contribution in [0.15, 0.2) is 30.5 Å². The molecule has 4 nitrogen and oxygen atoms in total. The molecule has 1 fully saturated rings. The topological polar surface area (TPSA) is 45.3 Å². The highest BCUT2D eigenvalue weighted by atomic mass is 16.5. The Labute approximate surface area is 118 Å². The molecule has 1 amide bonds. The van der Waals surface area contributed by atoms with Crippen molar-refractivity contribution in [2.24, 2.45) is 5.92 Å². The molecule has 106 valence electrons. The molecule has 1 N–H and O–H groups in total. The monoisotopic (exact) mass is 272 g/mol. The number of aromatic nitrogens is 1. The summed E-state index contributed by atoms with van der Waals surface area (Å²) in [5.74, 6) is 0.722. The van der Waals surface area contributed by atoms with E-state index in [1.165, 1.54) is 0 Å². The lowest BCUT2D eigenvalue weighted by Gasteiger charge is -2.31. The van der Waals surface area contributed by atoms with Crippen molar-refractivity contribution in [2.75, 3.05) is 26.8 Å². The fraction of sp³-hybridized carbons (Fsp3) is 0.438. The van der Waals surface area contributed by atoms with E-state index in [-0.39, 0.29) is 5.91 Å². The van der Waals surface area contributed by atoms with E-state index in [1.807, 2.05) is 35.4 Å². The summed E-state index contributed by atoms with van der Waals surface area (Å²) < 4.78 is 5.20. The maximum Gasteiger partial charge on any atom is 0.255 e. The quantitative estimate of drug-likeness (QED) is 0.933. The van der Waals surface area contributed by atoms with Crippen molar-refractivity contribution in [3.8, 4) is 0 Å². The maximum absolute atomic E-state index is 12.7. The minimum absolute atomic E-state index is 0.133. The summed E-state index contributed by atoms with van der Waals surface area (Å²) in [7, 11) is 1.74. The van der Waals surface area contributed by atoms with Gasteiger partial charge in [-0.3, -0.25) is 4.79 Å². The Morgan fingerprint density at radius 1 is 1.35 bits per heavy atom. The van der Waals surface area contributed by atoms with Crippen LogP contribution < -0.4 is 0 Å². The van der Waals surface area contributed by atoms with E-state index in [0.717, 1.165) is 49.0 Å². The van der Waals surface area contributed by atoms with Crippen molar-refractivity contribution >= 4 is 16.8 Å². The molecule has 0 unspecified atom stereocenters. The van der Waals surface area contributed by atoms with Crippen molar-refractivity contribution in [3.63, 3.8) is 0 Å². The first kappa shape index (κ1) is 13.2. The van der Waals surface area contributed by atoms with Crippen LogP contribution in [-0.2, 0) is 4.74 Å². The number of para-hydroxylation sites is 1. The van der Waals surface area contributed by atoms with Gasteiger partial charge in [0.15, 0.2) is 0 Å². The van der Waals surface area contributed by atoms with Crippen LogP contribution in [0.2, 0.25) is 0 Å². The molecule has 20 heavy (non-hydrogen) atoms. The third-order valence-corrected chi connectivity index (χ3v) is 4.12. The molecule has 1 aliphatic heterocycles. The summed E-state index contributed by atoms with van der Waals surface area (Å²) >= 11 is 0. The number of fused-ring (bicyclic) bond motifs is 1. The summed E-state index contributed by atoms with van der Waals surface area (Å²) in [5, 5.41) is 1.09. The molecule has 0 atom stereocenters. The third-order valence-electron chi connectivity index (χ3n) is 4.12. The predicted octanol–water partition coefficient (Wildman–Crippen LogP) is 2.67. The number of benzene rings is 1. The summed E-state index contributed by atoms with van der Waals surface area (Å²) in [6, 6.07) is 7.87. The Morgan fingerprint density at radius 3 is 2.90 bits per heavy atom. The van der Waals surface area contributed by atoms with Crippen LogP contribution in [0.3, 0.4) is 0 Å². The van der Waals surface area contributed by atoms with Crippen LogP contribution in [0.4, 0.5) is 0 Å². The lowest BCUT2D eigenvalue weighted by Crippen LogP contribution is -2.39. The van der Waals surface area contributed by atoms with Crippen molar-refractivity contribution in [1.29, 1.82) is 0 Å². The SMILES string of the molecule is COCC1CCN(C(=O)c2cccc3cc[nH]c23)CC1. The average molecular weight is 272 g/mol. The Hall–Kier alpha value is -1.81. The molecule has 0 aliphatic carbocycles. The van der Waals surface area contributed by atoms with Gasteiger partial charge in [0.25, 0.3) is 5.91 Å². The summed E-state index contributed by atoms with van der Waals surface area (Å²) in [5.41, 5.74) is 1.72. The van der Waals surface area contributed by atoms with Crippen molar-refractivity contribution in [1.82, 2.24) is 9.88 Å². The van der Waals surface area contributed by atoms with Gasteiger partial charge in [0, 0.05) is 38.4 Å². The van der Waals surface area contributed by atoms with Gasteiger partial charge < -0.3 is 14.6 Å². The van der Waals surface area contributed by atoms with Gasteiger partial charge in [-0.25, -0.2) is 0 Å². The lowest BCUT2D eigenvalue weighted by molar-refractivity contribution is 0.0615. The Kier molecular flexibility index (Phi) is 3.74.